The van der Waals surface area contributed by atoms with E-state index in [1.165, 1.54) is 16.7 Å². The van der Waals surface area contributed by atoms with Crippen molar-refractivity contribution in [2.45, 2.75) is 47.1 Å². The summed E-state index contributed by atoms with van der Waals surface area (Å²) in [6.45, 7) is 10.9. The molecule has 0 aliphatic heterocycles. The minimum absolute atomic E-state index is 0.245. The fraction of sp³-hybridized carbons (Fsp3) is 0.500. The number of aryl methyl sites for hydroxylation is 2. The van der Waals surface area contributed by atoms with Gasteiger partial charge in [-0.25, -0.2) is 0 Å². The Morgan fingerprint density at radius 1 is 1.10 bits per heavy atom. The van der Waals surface area contributed by atoms with Crippen LogP contribution in [-0.4, -0.2) is 10.2 Å². The van der Waals surface area contributed by atoms with Crippen molar-refractivity contribution in [3.05, 3.63) is 39.9 Å². The van der Waals surface area contributed by atoms with Crippen molar-refractivity contribution in [2.75, 3.05) is 5.32 Å². The van der Waals surface area contributed by atoms with Gasteiger partial charge in [0.1, 0.15) is 5.01 Å². The predicted octanol–water partition coefficient (Wildman–Crippen LogP) is 4.53. The lowest BCUT2D eigenvalue weighted by molar-refractivity contribution is 0.640. The quantitative estimate of drug-likeness (QED) is 0.879. The average molecular weight is 289 g/mol. The molecule has 0 saturated carbocycles. The maximum Gasteiger partial charge on any atom is 0.206 e. The van der Waals surface area contributed by atoms with E-state index in [1.54, 1.807) is 11.3 Å². The van der Waals surface area contributed by atoms with Gasteiger partial charge >= 0.3 is 0 Å². The third-order valence-corrected chi connectivity index (χ3v) is 4.30. The predicted molar refractivity (Wildman–Crippen MR) is 86.4 cm³/mol. The van der Waals surface area contributed by atoms with Crippen LogP contribution in [0.1, 0.15) is 48.5 Å². The summed E-state index contributed by atoms with van der Waals surface area (Å²) < 4.78 is 0. The number of aromatic nitrogens is 2. The zero-order chi connectivity index (χ0) is 14.7. The molecule has 0 bridgehead atoms. The van der Waals surface area contributed by atoms with Gasteiger partial charge in [0.05, 0.1) is 6.04 Å². The molecular weight excluding hydrogens is 266 g/mol. The molecule has 4 heteroatoms. The number of benzene rings is 1. The summed E-state index contributed by atoms with van der Waals surface area (Å²) >= 11 is 1.66. The summed E-state index contributed by atoms with van der Waals surface area (Å²) in [6.07, 6.45) is 0.997. The van der Waals surface area contributed by atoms with Crippen LogP contribution in [0.3, 0.4) is 0 Å². The van der Waals surface area contributed by atoms with Crippen LogP contribution in [0.2, 0.25) is 0 Å². The number of hydrogen-bond donors (Lipinski definition) is 1. The van der Waals surface area contributed by atoms with Crippen LogP contribution in [-0.2, 0) is 6.42 Å². The molecular formula is C16H23N3S. The van der Waals surface area contributed by atoms with Crippen molar-refractivity contribution in [1.29, 1.82) is 0 Å². The first-order valence-electron chi connectivity index (χ1n) is 7.11. The molecule has 1 unspecified atom stereocenters. The number of anilines is 1. The van der Waals surface area contributed by atoms with E-state index < -0.39 is 0 Å². The van der Waals surface area contributed by atoms with E-state index >= 15 is 0 Å². The molecule has 0 fully saturated rings. The molecule has 2 rings (SSSR count). The van der Waals surface area contributed by atoms with Gasteiger partial charge in [0, 0.05) is 6.42 Å². The maximum absolute atomic E-state index is 4.24. The topological polar surface area (TPSA) is 37.8 Å². The van der Waals surface area contributed by atoms with Gasteiger partial charge in [0.2, 0.25) is 5.13 Å². The highest BCUT2D eigenvalue weighted by molar-refractivity contribution is 7.15. The minimum Gasteiger partial charge on any atom is -0.354 e. The van der Waals surface area contributed by atoms with Crippen molar-refractivity contribution >= 4 is 16.5 Å². The summed E-state index contributed by atoms with van der Waals surface area (Å²) in [5.74, 6) is 0.618. The molecule has 0 aliphatic carbocycles. The smallest absolute Gasteiger partial charge is 0.206 e. The van der Waals surface area contributed by atoms with Crippen molar-refractivity contribution < 1.29 is 0 Å². The minimum atomic E-state index is 0.245. The van der Waals surface area contributed by atoms with Gasteiger partial charge in [-0.15, -0.1) is 10.2 Å². The second-order valence-corrected chi connectivity index (χ2v) is 6.87. The zero-order valence-corrected chi connectivity index (χ0v) is 13.7. The van der Waals surface area contributed by atoms with E-state index in [9.17, 15) is 0 Å². The molecule has 1 aromatic carbocycles. The van der Waals surface area contributed by atoms with Gasteiger partial charge in [-0.2, -0.15) is 0 Å². The number of hydrogen-bond acceptors (Lipinski definition) is 4. The molecule has 0 radical (unpaired) electrons. The summed E-state index contributed by atoms with van der Waals surface area (Å²) in [6, 6.07) is 6.83. The second-order valence-electron chi connectivity index (χ2n) is 5.81. The third kappa shape index (κ3) is 3.79. The van der Waals surface area contributed by atoms with Crippen molar-refractivity contribution in [3.63, 3.8) is 0 Å². The van der Waals surface area contributed by atoms with Crippen LogP contribution in [0.15, 0.2) is 18.2 Å². The van der Waals surface area contributed by atoms with Crippen molar-refractivity contribution in [2.24, 2.45) is 5.92 Å². The van der Waals surface area contributed by atoms with Crippen LogP contribution in [0.4, 0.5) is 5.13 Å². The van der Waals surface area contributed by atoms with Gasteiger partial charge < -0.3 is 5.32 Å². The lowest BCUT2D eigenvalue weighted by atomic mass is 10.0. The lowest BCUT2D eigenvalue weighted by Crippen LogP contribution is -2.06. The second kappa shape index (κ2) is 6.35. The van der Waals surface area contributed by atoms with E-state index in [2.05, 4.69) is 68.3 Å². The van der Waals surface area contributed by atoms with Crippen LogP contribution in [0, 0.1) is 19.8 Å². The average Bonchev–Trinajstić information content (AvgIpc) is 2.79. The van der Waals surface area contributed by atoms with E-state index in [1.807, 2.05) is 0 Å². The standard InChI is InChI=1S/C16H23N3S/c1-10(2)8-15-18-19-16(20-15)17-13(5)14-7-6-11(3)12(4)9-14/h6-7,9-10,13H,8H2,1-5H3,(H,17,19). The monoisotopic (exact) mass is 289 g/mol. The van der Waals surface area contributed by atoms with Crippen LogP contribution in [0.5, 0.6) is 0 Å². The highest BCUT2D eigenvalue weighted by atomic mass is 32.1. The Labute approximate surface area is 125 Å². The van der Waals surface area contributed by atoms with Crippen LogP contribution < -0.4 is 5.32 Å². The maximum atomic E-state index is 4.24. The highest BCUT2D eigenvalue weighted by Crippen LogP contribution is 2.24. The first-order valence-corrected chi connectivity index (χ1v) is 7.93. The van der Waals surface area contributed by atoms with Crippen molar-refractivity contribution in [1.82, 2.24) is 10.2 Å². The molecule has 0 spiro atoms. The Morgan fingerprint density at radius 3 is 2.50 bits per heavy atom. The number of nitrogens with zero attached hydrogens (tertiary/aromatic N) is 2. The number of nitrogens with one attached hydrogen (secondary N) is 1. The Morgan fingerprint density at radius 2 is 1.85 bits per heavy atom. The first kappa shape index (κ1) is 15.0. The van der Waals surface area contributed by atoms with Gasteiger partial charge in [0.15, 0.2) is 0 Å². The SMILES string of the molecule is Cc1ccc(C(C)Nc2nnc(CC(C)C)s2)cc1C. The molecule has 1 heterocycles. The molecule has 0 aliphatic rings. The molecule has 1 atom stereocenters. The van der Waals surface area contributed by atoms with Crippen LogP contribution >= 0.6 is 11.3 Å². The summed E-state index contributed by atoms with van der Waals surface area (Å²) in [5, 5.41) is 13.9. The van der Waals surface area contributed by atoms with Crippen molar-refractivity contribution in [3.8, 4) is 0 Å². The molecule has 1 aromatic heterocycles. The van der Waals surface area contributed by atoms with E-state index in [4.69, 9.17) is 0 Å². The summed E-state index contributed by atoms with van der Waals surface area (Å²) in [7, 11) is 0. The van der Waals surface area contributed by atoms with Gasteiger partial charge in [0.25, 0.3) is 0 Å². The fourth-order valence-corrected chi connectivity index (χ4v) is 3.09. The van der Waals surface area contributed by atoms with Gasteiger partial charge in [-0.05, 0) is 43.4 Å². The normalized spacial score (nSPS) is 12.7. The third-order valence-electron chi connectivity index (χ3n) is 3.42. The first-order chi connectivity index (χ1) is 9.45. The summed E-state index contributed by atoms with van der Waals surface area (Å²) in [5.41, 5.74) is 3.94. The Balaban J connectivity index is 2.05. The Hall–Kier alpha value is -1.42. The molecule has 0 amide bonds. The largest absolute Gasteiger partial charge is 0.354 e. The van der Waals surface area contributed by atoms with E-state index in [0.29, 0.717) is 5.92 Å². The Kier molecular flexibility index (Phi) is 4.76. The van der Waals surface area contributed by atoms with E-state index in [0.717, 1.165) is 16.6 Å². The van der Waals surface area contributed by atoms with Gasteiger partial charge in [-0.1, -0.05) is 43.4 Å². The molecule has 0 saturated heterocycles. The molecule has 3 nitrogen and oxygen atoms in total. The number of rotatable bonds is 5. The zero-order valence-electron chi connectivity index (χ0n) is 12.9. The highest BCUT2D eigenvalue weighted by Gasteiger charge is 2.11. The molecule has 2 aromatic rings. The Bertz CT molecular complexity index is 575. The van der Waals surface area contributed by atoms with Crippen LogP contribution in [0.25, 0.3) is 0 Å². The summed E-state index contributed by atoms with van der Waals surface area (Å²) in [4.78, 5) is 0. The molecule has 108 valence electrons. The van der Waals surface area contributed by atoms with Gasteiger partial charge in [-0.3, -0.25) is 0 Å². The molecule has 1 N–H and O–H groups in total. The van der Waals surface area contributed by atoms with E-state index in [-0.39, 0.29) is 6.04 Å². The fourth-order valence-electron chi connectivity index (χ4n) is 2.05. The lowest BCUT2D eigenvalue weighted by Gasteiger charge is -2.14. The molecule has 20 heavy (non-hydrogen) atoms.